The third-order valence-electron chi connectivity index (χ3n) is 3.70. The molecular formula is C15H32INO. The van der Waals surface area contributed by atoms with Crippen LogP contribution in [0.15, 0.2) is 0 Å². The van der Waals surface area contributed by atoms with Crippen molar-refractivity contribution in [1.29, 1.82) is 0 Å². The first-order chi connectivity index (χ1) is 8.52. The van der Waals surface area contributed by atoms with Crippen molar-refractivity contribution in [2.45, 2.75) is 77.2 Å². The number of hydrogen-bond acceptors (Lipinski definition) is 1. The molecule has 0 bridgehead atoms. The van der Waals surface area contributed by atoms with Crippen LogP contribution in [0.4, 0.5) is 0 Å². The molecule has 0 amide bonds. The molecule has 0 aromatic heterocycles. The smallest absolute Gasteiger partial charge is 0.0973 e. The Labute approximate surface area is 128 Å². The fraction of sp³-hybridized carbons (Fsp3) is 1.00. The predicted octanol–water partition coefficient (Wildman–Crippen LogP) is 5.29. The number of alkyl halides is 1. The standard InChI is InChI=1S/C15H32INO/c1-4-5-6-7-8-9-10-11-12-13-15(14-16)17(2,3)18/h15H,4-14H2,1-3H3. The predicted molar refractivity (Wildman–Crippen MR) is 90.0 cm³/mol. The highest BCUT2D eigenvalue weighted by Crippen LogP contribution is 2.17. The van der Waals surface area contributed by atoms with Gasteiger partial charge in [-0.15, -0.1) is 0 Å². The van der Waals surface area contributed by atoms with E-state index in [1.807, 2.05) is 0 Å². The van der Waals surface area contributed by atoms with Crippen molar-refractivity contribution in [3.8, 4) is 0 Å². The van der Waals surface area contributed by atoms with Gasteiger partial charge in [0.2, 0.25) is 0 Å². The molecule has 0 radical (unpaired) electrons. The van der Waals surface area contributed by atoms with Gasteiger partial charge in [-0.2, -0.15) is 0 Å². The number of hydrogen-bond donors (Lipinski definition) is 0. The number of halogens is 1. The summed E-state index contributed by atoms with van der Waals surface area (Å²) in [5.74, 6) is 0. The van der Waals surface area contributed by atoms with E-state index in [0.29, 0.717) is 0 Å². The van der Waals surface area contributed by atoms with E-state index in [9.17, 15) is 5.21 Å². The van der Waals surface area contributed by atoms with Gasteiger partial charge in [0.05, 0.1) is 24.6 Å². The van der Waals surface area contributed by atoms with Crippen LogP contribution in [0.25, 0.3) is 0 Å². The number of unbranched alkanes of at least 4 members (excludes halogenated alkanes) is 8. The summed E-state index contributed by atoms with van der Waals surface area (Å²) in [7, 11) is 3.55. The Morgan fingerprint density at radius 3 is 1.72 bits per heavy atom. The largest absolute Gasteiger partial charge is 0.633 e. The van der Waals surface area contributed by atoms with E-state index < -0.39 is 0 Å². The van der Waals surface area contributed by atoms with Gasteiger partial charge in [0.25, 0.3) is 0 Å². The van der Waals surface area contributed by atoms with Gasteiger partial charge >= 0.3 is 0 Å². The van der Waals surface area contributed by atoms with Crippen molar-refractivity contribution in [2.24, 2.45) is 0 Å². The van der Waals surface area contributed by atoms with Crippen LogP contribution in [0.3, 0.4) is 0 Å². The first kappa shape index (κ1) is 18.7. The molecular weight excluding hydrogens is 337 g/mol. The molecule has 18 heavy (non-hydrogen) atoms. The average molecular weight is 369 g/mol. The van der Waals surface area contributed by atoms with Gasteiger partial charge in [-0.25, -0.2) is 0 Å². The Balaban J connectivity index is 3.34. The van der Waals surface area contributed by atoms with Crippen molar-refractivity contribution in [2.75, 3.05) is 18.5 Å². The zero-order chi connectivity index (χ0) is 13.9. The van der Waals surface area contributed by atoms with Gasteiger partial charge in [-0.05, 0) is 6.42 Å². The summed E-state index contributed by atoms with van der Waals surface area (Å²) in [6.45, 7) is 2.26. The maximum atomic E-state index is 11.8. The second kappa shape index (κ2) is 11.5. The maximum absolute atomic E-state index is 11.8. The van der Waals surface area contributed by atoms with E-state index in [4.69, 9.17) is 0 Å². The molecule has 1 unspecified atom stereocenters. The molecule has 0 heterocycles. The van der Waals surface area contributed by atoms with E-state index in [1.54, 1.807) is 14.1 Å². The minimum Gasteiger partial charge on any atom is -0.633 e. The van der Waals surface area contributed by atoms with Gasteiger partial charge in [-0.1, -0.05) is 80.9 Å². The third-order valence-corrected chi connectivity index (χ3v) is 4.72. The molecule has 0 aliphatic carbocycles. The number of quaternary nitrogens is 1. The molecule has 0 saturated carbocycles. The molecule has 0 aromatic rings. The van der Waals surface area contributed by atoms with Crippen molar-refractivity contribution in [3.63, 3.8) is 0 Å². The molecule has 0 aliphatic heterocycles. The summed E-state index contributed by atoms with van der Waals surface area (Å²) in [6, 6.07) is 0.287. The van der Waals surface area contributed by atoms with Gasteiger partial charge in [0, 0.05) is 6.42 Å². The maximum Gasteiger partial charge on any atom is 0.0973 e. The fourth-order valence-corrected chi connectivity index (χ4v) is 3.63. The second-order valence-electron chi connectivity index (χ2n) is 5.86. The van der Waals surface area contributed by atoms with Crippen LogP contribution in [0.2, 0.25) is 0 Å². The zero-order valence-corrected chi connectivity index (χ0v) is 14.7. The lowest BCUT2D eigenvalue weighted by molar-refractivity contribution is -0.863. The van der Waals surface area contributed by atoms with E-state index in [0.717, 1.165) is 10.8 Å². The normalized spacial score (nSPS) is 13.8. The molecule has 3 heteroatoms. The topological polar surface area (TPSA) is 23.1 Å². The average Bonchev–Trinajstić information content (AvgIpc) is 2.30. The fourth-order valence-electron chi connectivity index (χ4n) is 2.24. The molecule has 1 atom stereocenters. The lowest BCUT2D eigenvalue weighted by Crippen LogP contribution is -2.44. The first-order valence-corrected chi connectivity index (χ1v) is 9.15. The lowest BCUT2D eigenvalue weighted by Gasteiger charge is -2.41. The van der Waals surface area contributed by atoms with E-state index in [1.165, 1.54) is 57.8 Å². The Morgan fingerprint density at radius 2 is 1.33 bits per heavy atom. The van der Waals surface area contributed by atoms with Crippen molar-refractivity contribution in [3.05, 3.63) is 5.21 Å². The Morgan fingerprint density at radius 1 is 0.889 bits per heavy atom. The number of rotatable bonds is 12. The first-order valence-electron chi connectivity index (χ1n) is 7.63. The monoisotopic (exact) mass is 369 g/mol. The summed E-state index contributed by atoms with van der Waals surface area (Å²) in [5.41, 5.74) is 0. The Bertz CT molecular complexity index is 180. The molecule has 0 aromatic carbocycles. The van der Waals surface area contributed by atoms with Crippen LogP contribution in [0, 0.1) is 5.21 Å². The van der Waals surface area contributed by atoms with Crippen LogP contribution in [0.5, 0.6) is 0 Å². The molecule has 0 aliphatic rings. The minimum absolute atomic E-state index is 0.125. The second-order valence-corrected chi connectivity index (χ2v) is 6.74. The lowest BCUT2D eigenvalue weighted by atomic mass is 10.0. The van der Waals surface area contributed by atoms with Gasteiger partial charge in [0.1, 0.15) is 0 Å². The SMILES string of the molecule is CCCCCCCCCCCC(CI)[N+](C)(C)[O-]. The number of hydroxylamine groups is 3. The molecule has 0 spiro atoms. The highest BCUT2D eigenvalue weighted by molar-refractivity contribution is 14.1. The Hall–Kier alpha value is 0.650. The molecule has 0 fully saturated rings. The molecule has 0 N–H and O–H groups in total. The van der Waals surface area contributed by atoms with Crippen LogP contribution in [-0.4, -0.2) is 29.2 Å². The van der Waals surface area contributed by atoms with Gasteiger partial charge in [-0.3, -0.25) is 0 Å². The summed E-state index contributed by atoms with van der Waals surface area (Å²) < 4.78 is 0.852. The van der Waals surface area contributed by atoms with E-state index in [-0.39, 0.29) is 10.7 Å². The van der Waals surface area contributed by atoms with Crippen molar-refractivity contribution >= 4 is 22.6 Å². The van der Waals surface area contributed by atoms with Crippen LogP contribution in [0.1, 0.15) is 71.1 Å². The summed E-state index contributed by atoms with van der Waals surface area (Å²) in [6.07, 6.45) is 13.3. The molecule has 2 nitrogen and oxygen atoms in total. The highest BCUT2D eigenvalue weighted by atomic mass is 127. The minimum atomic E-state index is -0.125. The number of nitrogens with zero attached hydrogens (tertiary/aromatic N) is 1. The van der Waals surface area contributed by atoms with E-state index in [2.05, 4.69) is 29.5 Å². The van der Waals surface area contributed by atoms with Crippen molar-refractivity contribution < 1.29 is 4.65 Å². The summed E-state index contributed by atoms with van der Waals surface area (Å²) >= 11 is 2.35. The molecule has 0 saturated heterocycles. The van der Waals surface area contributed by atoms with Crippen LogP contribution >= 0.6 is 22.6 Å². The van der Waals surface area contributed by atoms with E-state index >= 15 is 0 Å². The Kier molecular flexibility index (Phi) is 11.9. The summed E-state index contributed by atoms with van der Waals surface area (Å²) in [5, 5.41) is 11.8. The van der Waals surface area contributed by atoms with Crippen LogP contribution < -0.4 is 0 Å². The molecule has 110 valence electrons. The van der Waals surface area contributed by atoms with Crippen molar-refractivity contribution in [1.82, 2.24) is 0 Å². The van der Waals surface area contributed by atoms with Gasteiger partial charge in [0.15, 0.2) is 0 Å². The van der Waals surface area contributed by atoms with Gasteiger partial charge < -0.3 is 9.85 Å². The molecule has 0 rings (SSSR count). The summed E-state index contributed by atoms with van der Waals surface area (Å²) in [4.78, 5) is 0. The third kappa shape index (κ3) is 10.6. The zero-order valence-electron chi connectivity index (χ0n) is 12.6. The quantitative estimate of drug-likeness (QED) is 0.151. The van der Waals surface area contributed by atoms with Crippen LogP contribution in [-0.2, 0) is 0 Å². The highest BCUT2D eigenvalue weighted by Gasteiger charge is 2.17.